The van der Waals surface area contributed by atoms with E-state index in [0.29, 0.717) is 37.8 Å². The minimum atomic E-state index is -3.22. The molecule has 8 nitrogen and oxygen atoms in total. The lowest BCUT2D eigenvalue weighted by atomic mass is 9.78. The van der Waals surface area contributed by atoms with Crippen LogP contribution in [0.15, 0.2) is 72.8 Å². The van der Waals surface area contributed by atoms with Crippen molar-refractivity contribution in [3.63, 3.8) is 0 Å². The van der Waals surface area contributed by atoms with Crippen LogP contribution in [0, 0.1) is 17.7 Å². The molecule has 3 aromatic carbocycles. The van der Waals surface area contributed by atoms with Crippen LogP contribution in [0.4, 0.5) is 10.1 Å². The maximum atomic E-state index is 13.5. The number of anilines is 1. The van der Waals surface area contributed by atoms with E-state index < -0.39 is 16.1 Å². The van der Waals surface area contributed by atoms with E-state index in [-0.39, 0.29) is 42.8 Å². The number of carbonyl (C=O) groups excluding carboxylic acids is 1. The topological polar surface area (TPSA) is 127 Å². The molecule has 1 heterocycles. The first kappa shape index (κ1) is 33.7. The Morgan fingerprint density at radius 2 is 1.45 bits per heavy atom. The third-order valence-corrected chi connectivity index (χ3v) is 9.08. The van der Waals surface area contributed by atoms with Gasteiger partial charge in [-0.25, -0.2) is 17.5 Å². The van der Waals surface area contributed by atoms with Crippen molar-refractivity contribution in [3.8, 4) is 0 Å². The molecule has 3 atom stereocenters. The first-order valence-electron chi connectivity index (χ1n) is 15.2. The summed E-state index contributed by atoms with van der Waals surface area (Å²) in [4.78, 5) is 15.3. The monoisotopic (exact) mass is 626 g/mol. The van der Waals surface area contributed by atoms with E-state index in [4.69, 9.17) is 0 Å². The van der Waals surface area contributed by atoms with Crippen molar-refractivity contribution in [2.75, 3.05) is 30.9 Å². The number of amides is 1. The molecule has 1 aliphatic rings. The van der Waals surface area contributed by atoms with Crippen molar-refractivity contribution in [3.05, 3.63) is 101 Å². The Labute approximate surface area is 259 Å². The highest BCUT2D eigenvalue weighted by Gasteiger charge is 2.48. The van der Waals surface area contributed by atoms with E-state index in [1.807, 2.05) is 36.4 Å². The number of hydrogen-bond donors (Lipinski definition) is 4. The molecule has 0 spiro atoms. The minimum Gasteiger partial charge on any atom is -0.396 e. The molecule has 10 heteroatoms. The molecule has 44 heavy (non-hydrogen) atoms. The largest absolute Gasteiger partial charge is 0.396 e. The SMILES string of the molecule is CS(=O)(=O)NCCCc1ccc(N2C(=O)C(CC[C@H](O)c3ccc(F)cc3)[C@H]2c2ccc(CCCC(CO)CO)cc2)cc1. The number of aliphatic hydroxyl groups is 3. The molecule has 0 aromatic heterocycles. The van der Waals surface area contributed by atoms with Crippen LogP contribution >= 0.6 is 0 Å². The van der Waals surface area contributed by atoms with E-state index in [0.717, 1.165) is 47.9 Å². The fourth-order valence-electron chi connectivity index (χ4n) is 5.78. The lowest BCUT2D eigenvalue weighted by Crippen LogP contribution is -2.55. The zero-order chi connectivity index (χ0) is 31.7. The number of nitrogens with one attached hydrogen (secondary N) is 1. The van der Waals surface area contributed by atoms with Crippen LogP contribution in [0.3, 0.4) is 0 Å². The van der Waals surface area contributed by atoms with Crippen LogP contribution < -0.4 is 9.62 Å². The third-order valence-electron chi connectivity index (χ3n) is 8.36. The predicted octanol–water partition coefficient (Wildman–Crippen LogP) is 4.45. The summed E-state index contributed by atoms with van der Waals surface area (Å²) in [7, 11) is -3.22. The van der Waals surface area contributed by atoms with Gasteiger partial charge in [-0.3, -0.25) is 4.79 Å². The molecule has 1 saturated heterocycles. The van der Waals surface area contributed by atoms with Crippen LogP contribution in [-0.2, 0) is 27.7 Å². The van der Waals surface area contributed by atoms with Gasteiger partial charge in [0.25, 0.3) is 0 Å². The average Bonchev–Trinajstić information content (AvgIpc) is 3.01. The van der Waals surface area contributed by atoms with Crippen LogP contribution in [-0.4, -0.2) is 55.7 Å². The Hall–Kier alpha value is -3.15. The number of aliphatic hydroxyl groups excluding tert-OH is 3. The zero-order valence-corrected chi connectivity index (χ0v) is 25.9. The predicted molar refractivity (Wildman–Crippen MR) is 169 cm³/mol. The van der Waals surface area contributed by atoms with Crippen molar-refractivity contribution in [1.82, 2.24) is 4.72 Å². The lowest BCUT2D eigenvalue weighted by Gasteiger charge is -2.48. The van der Waals surface area contributed by atoms with Crippen LogP contribution in [0.2, 0.25) is 0 Å². The average molecular weight is 627 g/mol. The molecule has 1 unspecified atom stereocenters. The van der Waals surface area contributed by atoms with Gasteiger partial charge in [-0.15, -0.1) is 0 Å². The highest BCUT2D eigenvalue weighted by Crippen LogP contribution is 2.46. The summed E-state index contributed by atoms with van der Waals surface area (Å²) in [5.74, 6) is -0.819. The van der Waals surface area contributed by atoms with Crippen molar-refractivity contribution < 1.29 is 32.9 Å². The molecule has 4 N–H and O–H groups in total. The number of carbonyl (C=O) groups is 1. The number of sulfonamides is 1. The molecule has 0 radical (unpaired) electrons. The number of halogens is 1. The second-order valence-corrected chi connectivity index (χ2v) is 13.5. The second kappa shape index (κ2) is 15.7. The van der Waals surface area contributed by atoms with Gasteiger partial charge in [-0.05, 0) is 91.5 Å². The number of hydrogen-bond acceptors (Lipinski definition) is 6. The van der Waals surface area contributed by atoms with Crippen molar-refractivity contribution in [2.24, 2.45) is 11.8 Å². The number of nitrogens with zero attached hydrogens (tertiary/aromatic N) is 1. The molecule has 1 amide bonds. The van der Waals surface area contributed by atoms with E-state index in [2.05, 4.69) is 16.9 Å². The smallest absolute Gasteiger partial charge is 0.233 e. The Kier molecular flexibility index (Phi) is 12.1. The van der Waals surface area contributed by atoms with Gasteiger partial charge in [0.05, 0.1) is 24.3 Å². The van der Waals surface area contributed by atoms with Crippen molar-refractivity contribution in [1.29, 1.82) is 0 Å². The van der Waals surface area contributed by atoms with Gasteiger partial charge < -0.3 is 20.2 Å². The van der Waals surface area contributed by atoms with Gasteiger partial charge in [0.15, 0.2) is 0 Å². The molecule has 1 aliphatic heterocycles. The molecule has 4 rings (SSSR count). The first-order valence-corrected chi connectivity index (χ1v) is 17.1. The maximum absolute atomic E-state index is 13.5. The lowest BCUT2D eigenvalue weighted by molar-refractivity contribution is -0.131. The fourth-order valence-corrected chi connectivity index (χ4v) is 6.29. The number of benzene rings is 3. The quantitative estimate of drug-likeness (QED) is 0.130. The second-order valence-electron chi connectivity index (χ2n) is 11.7. The summed E-state index contributed by atoms with van der Waals surface area (Å²) in [5.41, 5.74) is 4.56. The van der Waals surface area contributed by atoms with Gasteiger partial charge >= 0.3 is 0 Å². The Balaban J connectivity index is 1.46. The number of rotatable bonds is 17. The Bertz CT molecular complexity index is 1440. The summed E-state index contributed by atoms with van der Waals surface area (Å²) in [6.07, 6.45) is 4.92. The molecule has 238 valence electrons. The number of β-lactam (4-membered cyclic amide) rings is 1. The van der Waals surface area contributed by atoms with E-state index in [1.165, 1.54) is 12.1 Å². The summed E-state index contributed by atoms with van der Waals surface area (Å²) in [6.45, 7) is 0.303. The highest BCUT2D eigenvalue weighted by atomic mass is 32.2. The highest BCUT2D eigenvalue weighted by molar-refractivity contribution is 7.88. The van der Waals surface area contributed by atoms with Gasteiger partial charge in [0.1, 0.15) is 5.82 Å². The van der Waals surface area contributed by atoms with E-state index in [9.17, 15) is 32.9 Å². The van der Waals surface area contributed by atoms with Gasteiger partial charge in [-0.1, -0.05) is 48.5 Å². The van der Waals surface area contributed by atoms with Crippen molar-refractivity contribution in [2.45, 2.75) is 57.1 Å². The number of aryl methyl sites for hydroxylation is 2. The van der Waals surface area contributed by atoms with Crippen LogP contribution in [0.25, 0.3) is 0 Å². The van der Waals surface area contributed by atoms with Gasteiger partial charge in [-0.2, -0.15) is 0 Å². The molecule has 1 fully saturated rings. The summed E-state index contributed by atoms with van der Waals surface area (Å²) in [6, 6.07) is 21.5. The maximum Gasteiger partial charge on any atom is 0.233 e. The van der Waals surface area contributed by atoms with E-state index >= 15 is 0 Å². The fraction of sp³-hybridized carbons (Fsp3) is 0.441. The van der Waals surface area contributed by atoms with Gasteiger partial charge in [0.2, 0.25) is 15.9 Å². The normalized spacial score (nSPS) is 17.6. The Morgan fingerprint density at radius 3 is 2.05 bits per heavy atom. The molecule has 3 aromatic rings. The van der Waals surface area contributed by atoms with E-state index in [1.54, 1.807) is 17.0 Å². The summed E-state index contributed by atoms with van der Waals surface area (Å²) in [5, 5.41) is 29.4. The Morgan fingerprint density at radius 1 is 0.864 bits per heavy atom. The van der Waals surface area contributed by atoms with Crippen LogP contribution in [0.1, 0.15) is 66.5 Å². The molecule has 0 saturated carbocycles. The third kappa shape index (κ3) is 9.18. The minimum absolute atomic E-state index is 0.0190. The molecular formula is C34H43FN2O6S. The van der Waals surface area contributed by atoms with Gasteiger partial charge in [0, 0.05) is 31.4 Å². The summed E-state index contributed by atoms with van der Waals surface area (Å²) >= 11 is 0. The molecule has 0 aliphatic carbocycles. The van der Waals surface area contributed by atoms with Crippen LogP contribution in [0.5, 0.6) is 0 Å². The standard InChI is InChI=1S/C34H43FN2O6S/c1-44(42,43)36-21-3-6-25-9-17-30(18-10-25)37-33(28-11-7-24(8-12-28)4-2-5-26(22-38)23-39)31(34(37)41)19-20-32(40)27-13-15-29(35)16-14-27/h7-18,26,31-33,36,38-40H,2-6,19-23H2,1H3/t31?,32-,33+/m0/s1. The summed E-state index contributed by atoms with van der Waals surface area (Å²) < 4.78 is 38.4. The first-order chi connectivity index (χ1) is 21.1. The molecule has 0 bridgehead atoms. The molecular weight excluding hydrogens is 583 g/mol. The zero-order valence-electron chi connectivity index (χ0n) is 25.1. The van der Waals surface area contributed by atoms with Crippen molar-refractivity contribution >= 4 is 21.6 Å².